The van der Waals surface area contributed by atoms with Crippen molar-refractivity contribution in [3.05, 3.63) is 33.4 Å². The summed E-state index contributed by atoms with van der Waals surface area (Å²) in [4.78, 5) is 26.6. The SMILES string of the molecule is CCCCCOC(=O)C1=C(C)N(C)C(=O)N[C@H]1c1cc2c(cc1Br)OCO2. The van der Waals surface area contributed by atoms with Gasteiger partial charge < -0.3 is 24.4 Å². The van der Waals surface area contributed by atoms with Crippen molar-refractivity contribution in [2.24, 2.45) is 0 Å². The smallest absolute Gasteiger partial charge is 0.338 e. The van der Waals surface area contributed by atoms with Crippen molar-refractivity contribution in [3.63, 3.8) is 0 Å². The maximum Gasteiger partial charge on any atom is 0.338 e. The largest absolute Gasteiger partial charge is 0.462 e. The zero-order valence-electron chi connectivity index (χ0n) is 15.6. The molecule has 3 rings (SSSR count). The average Bonchev–Trinajstić information content (AvgIpc) is 3.09. The zero-order valence-corrected chi connectivity index (χ0v) is 17.2. The second kappa shape index (κ2) is 8.21. The van der Waals surface area contributed by atoms with Crippen LogP contribution in [0.15, 0.2) is 27.9 Å². The molecule has 1 atom stereocenters. The van der Waals surface area contributed by atoms with Gasteiger partial charge in [-0.25, -0.2) is 9.59 Å². The normalized spacial score (nSPS) is 18.6. The predicted octanol–water partition coefficient (Wildman–Crippen LogP) is 3.88. The molecule has 0 unspecified atom stereocenters. The molecular formula is C19H23BrN2O5. The Balaban J connectivity index is 1.94. The van der Waals surface area contributed by atoms with Crippen molar-refractivity contribution in [3.8, 4) is 11.5 Å². The molecule has 0 bridgehead atoms. The molecule has 0 saturated heterocycles. The number of rotatable bonds is 6. The molecule has 146 valence electrons. The van der Waals surface area contributed by atoms with E-state index >= 15 is 0 Å². The fourth-order valence-electron chi connectivity index (χ4n) is 3.08. The molecule has 0 fully saturated rings. The van der Waals surface area contributed by atoms with Crippen molar-refractivity contribution in [1.29, 1.82) is 0 Å². The zero-order chi connectivity index (χ0) is 19.6. The van der Waals surface area contributed by atoms with Gasteiger partial charge in [-0.05, 0) is 31.0 Å². The van der Waals surface area contributed by atoms with Crippen LogP contribution in [0.25, 0.3) is 0 Å². The first-order valence-electron chi connectivity index (χ1n) is 8.95. The van der Waals surface area contributed by atoms with Gasteiger partial charge in [0.1, 0.15) is 0 Å². The number of unbranched alkanes of at least 4 members (excludes halogenated alkanes) is 2. The number of carbonyl (C=O) groups is 2. The van der Waals surface area contributed by atoms with E-state index in [0.717, 1.165) is 19.3 Å². The Kier molecular flexibility index (Phi) is 5.94. The lowest BCUT2D eigenvalue weighted by Crippen LogP contribution is -2.46. The molecule has 1 aromatic rings. The number of ether oxygens (including phenoxy) is 3. The van der Waals surface area contributed by atoms with Gasteiger partial charge in [0.25, 0.3) is 0 Å². The van der Waals surface area contributed by atoms with E-state index in [4.69, 9.17) is 14.2 Å². The summed E-state index contributed by atoms with van der Waals surface area (Å²) in [5.74, 6) is 0.772. The van der Waals surface area contributed by atoms with Crippen molar-refractivity contribution in [2.45, 2.75) is 39.2 Å². The fourth-order valence-corrected chi connectivity index (χ4v) is 3.63. The van der Waals surface area contributed by atoms with E-state index in [2.05, 4.69) is 28.2 Å². The highest BCUT2D eigenvalue weighted by atomic mass is 79.9. The summed E-state index contributed by atoms with van der Waals surface area (Å²) in [5, 5.41) is 2.88. The topological polar surface area (TPSA) is 77.1 Å². The van der Waals surface area contributed by atoms with Gasteiger partial charge in [-0.3, -0.25) is 0 Å². The van der Waals surface area contributed by atoms with Gasteiger partial charge in [0.15, 0.2) is 11.5 Å². The second-order valence-electron chi connectivity index (χ2n) is 6.51. The monoisotopic (exact) mass is 438 g/mol. The van der Waals surface area contributed by atoms with Crippen LogP contribution in [-0.2, 0) is 9.53 Å². The standard InChI is InChI=1S/C19H23BrN2O5/c1-4-5-6-7-25-18(23)16-11(2)22(3)19(24)21-17(16)12-8-14-15(9-13(12)20)27-10-26-14/h8-9,17H,4-7,10H2,1-3H3,(H,21,24)/t17-/m0/s1. The highest BCUT2D eigenvalue weighted by molar-refractivity contribution is 9.10. The number of carbonyl (C=O) groups excluding carboxylic acids is 2. The van der Waals surface area contributed by atoms with Gasteiger partial charge in [0, 0.05) is 17.2 Å². The van der Waals surface area contributed by atoms with Crippen molar-refractivity contribution in [1.82, 2.24) is 10.2 Å². The molecule has 1 aromatic carbocycles. The number of benzene rings is 1. The predicted molar refractivity (Wildman–Crippen MR) is 102 cm³/mol. The van der Waals surface area contributed by atoms with Gasteiger partial charge in [0.05, 0.1) is 18.2 Å². The van der Waals surface area contributed by atoms with E-state index in [9.17, 15) is 9.59 Å². The molecule has 2 aliphatic rings. The van der Waals surface area contributed by atoms with Crippen LogP contribution in [0.1, 0.15) is 44.7 Å². The summed E-state index contributed by atoms with van der Waals surface area (Å²) >= 11 is 3.52. The lowest BCUT2D eigenvalue weighted by Gasteiger charge is -2.33. The quantitative estimate of drug-likeness (QED) is 0.538. The van der Waals surface area contributed by atoms with E-state index in [0.29, 0.717) is 39.4 Å². The maximum atomic E-state index is 12.8. The number of amides is 2. The Labute approximate surface area is 166 Å². The number of nitrogens with one attached hydrogen (secondary N) is 1. The third kappa shape index (κ3) is 3.90. The minimum atomic E-state index is -0.642. The molecule has 0 spiro atoms. The van der Waals surface area contributed by atoms with E-state index < -0.39 is 12.0 Å². The lowest BCUT2D eigenvalue weighted by atomic mass is 9.94. The average molecular weight is 439 g/mol. The Morgan fingerprint density at radius 2 is 2.04 bits per heavy atom. The summed E-state index contributed by atoms with van der Waals surface area (Å²) in [7, 11) is 1.62. The molecule has 2 amide bonds. The summed E-state index contributed by atoms with van der Waals surface area (Å²) in [6.45, 7) is 4.34. The van der Waals surface area contributed by atoms with Crippen LogP contribution in [0.5, 0.6) is 11.5 Å². The molecule has 2 heterocycles. The van der Waals surface area contributed by atoms with Crippen LogP contribution in [0, 0.1) is 0 Å². The first-order valence-corrected chi connectivity index (χ1v) is 9.74. The van der Waals surface area contributed by atoms with Crippen LogP contribution in [0.2, 0.25) is 0 Å². The minimum Gasteiger partial charge on any atom is -0.462 e. The number of hydrogen-bond donors (Lipinski definition) is 1. The molecule has 0 aromatic heterocycles. The van der Waals surface area contributed by atoms with Crippen LogP contribution in [0.3, 0.4) is 0 Å². The van der Waals surface area contributed by atoms with E-state index in [-0.39, 0.29) is 12.8 Å². The molecule has 2 aliphatic heterocycles. The number of esters is 1. The number of halogens is 1. The van der Waals surface area contributed by atoms with Gasteiger partial charge in [-0.2, -0.15) is 0 Å². The maximum absolute atomic E-state index is 12.8. The van der Waals surface area contributed by atoms with Gasteiger partial charge in [-0.1, -0.05) is 35.7 Å². The molecule has 8 heteroatoms. The Bertz CT molecular complexity index is 793. The summed E-state index contributed by atoms with van der Waals surface area (Å²) in [6.07, 6.45) is 2.86. The Hall–Kier alpha value is -2.22. The molecule has 27 heavy (non-hydrogen) atoms. The van der Waals surface area contributed by atoms with Gasteiger partial charge in [-0.15, -0.1) is 0 Å². The van der Waals surface area contributed by atoms with Gasteiger partial charge >= 0.3 is 12.0 Å². The molecule has 1 N–H and O–H groups in total. The molecule has 7 nitrogen and oxygen atoms in total. The molecule has 0 aliphatic carbocycles. The van der Waals surface area contributed by atoms with Gasteiger partial charge in [0.2, 0.25) is 6.79 Å². The Morgan fingerprint density at radius 3 is 2.74 bits per heavy atom. The van der Waals surface area contributed by atoms with Crippen LogP contribution in [0.4, 0.5) is 4.79 Å². The highest BCUT2D eigenvalue weighted by Gasteiger charge is 2.36. The lowest BCUT2D eigenvalue weighted by molar-refractivity contribution is -0.139. The van der Waals surface area contributed by atoms with Crippen molar-refractivity contribution >= 4 is 27.9 Å². The summed E-state index contributed by atoms with van der Waals surface area (Å²) < 4.78 is 17.0. The second-order valence-corrected chi connectivity index (χ2v) is 7.36. The third-order valence-electron chi connectivity index (χ3n) is 4.76. The summed E-state index contributed by atoms with van der Waals surface area (Å²) in [6, 6.07) is 2.63. The van der Waals surface area contributed by atoms with Crippen molar-refractivity contribution < 1.29 is 23.8 Å². The number of nitrogens with zero attached hydrogens (tertiary/aromatic N) is 1. The van der Waals surface area contributed by atoms with Crippen molar-refractivity contribution in [2.75, 3.05) is 20.4 Å². The number of urea groups is 1. The number of allylic oxidation sites excluding steroid dienone is 1. The minimum absolute atomic E-state index is 0.145. The molecular weight excluding hydrogens is 416 g/mol. The number of fused-ring (bicyclic) bond motifs is 1. The molecule has 0 saturated carbocycles. The fraction of sp³-hybridized carbons (Fsp3) is 0.474. The first-order chi connectivity index (χ1) is 12.9. The van der Waals surface area contributed by atoms with Crippen LogP contribution < -0.4 is 14.8 Å². The van der Waals surface area contributed by atoms with E-state index in [1.54, 1.807) is 26.1 Å². The highest BCUT2D eigenvalue weighted by Crippen LogP contribution is 2.42. The van der Waals surface area contributed by atoms with E-state index in [1.165, 1.54) is 4.90 Å². The Morgan fingerprint density at radius 1 is 1.33 bits per heavy atom. The molecule has 0 radical (unpaired) electrons. The van der Waals surface area contributed by atoms with Crippen LogP contribution >= 0.6 is 15.9 Å². The summed E-state index contributed by atoms with van der Waals surface area (Å²) in [5.41, 5.74) is 1.68. The third-order valence-corrected chi connectivity index (χ3v) is 5.44. The van der Waals surface area contributed by atoms with E-state index in [1.807, 2.05) is 0 Å². The van der Waals surface area contributed by atoms with Crippen LogP contribution in [-0.4, -0.2) is 37.3 Å². The number of hydrogen-bond acceptors (Lipinski definition) is 5. The first kappa shape index (κ1) is 19.5.